The Morgan fingerprint density at radius 3 is 1.89 bits per heavy atom. The zero-order chi connectivity index (χ0) is 13.1. The molecular formula is C15H25N3. The van der Waals surface area contributed by atoms with Gasteiger partial charge >= 0.3 is 0 Å². The van der Waals surface area contributed by atoms with Crippen molar-refractivity contribution in [3.8, 4) is 0 Å². The number of nitrogens with zero attached hydrogens (tertiary/aromatic N) is 2. The summed E-state index contributed by atoms with van der Waals surface area (Å²) in [4.78, 5) is 5.11. The second-order valence-corrected chi connectivity index (χ2v) is 5.51. The van der Waals surface area contributed by atoms with E-state index in [1.54, 1.807) is 0 Å². The Morgan fingerprint density at radius 1 is 0.889 bits per heavy atom. The van der Waals surface area contributed by atoms with Gasteiger partial charge in [0.05, 0.1) is 0 Å². The second-order valence-electron chi connectivity index (χ2n) is 5.51. The number of benzene rings is 1. The van der Waals surface area contributed by atoms with Gasteiger partial charge < -0.3 is 5.73 Å². The van der Waals surface area contributed by atoms with Gasteiger partial charge in [-0.3, -0.25) is 9.80 Å². The van der Waals surface area contributed by atoms with Crippen molar-refractivity contribution >= 4 is 5.69 Å². The van der Waals surface area contributed by atoms with E-state index in [4.69, 9.17) is 5.73 Å². The molecule has 1 aromatic rings. The van der Waals surface area contributed by atoms with E-state index >= 15 is 0 Å². The molecule has 0 aromatic heterocycles. The number of hydrogen-bond donors (Lipinski definition) is 1. The van der Waals surface area contributed by atoms with Crippen molar-refractivity contribution in [1.82, 2.24) is 9.80 Å². The SMILES string of the molecule is CC(C)N1CCN(C(C)c2ccc(N)cc2)CC1. The van der Waals surface area contributed by atoms with Crippen LogP contribution in [0.5, 0.6) is 0 Å². The Hall–Kier alpha value is -1.06. The largest absolute Gasteiger partial charge is 0.399 e. The Bertz CT molecular complexity index is 364. The van der Waals surface area contributed by atoms with Gasteiger partial charge in [-0.15, -0.1) is 0 Å². The van der Waals surface area contributed by atoms with Gasteiger partial charge in [0, 0.05) is 44.0 Å². The average molecular weight is 247 g/mol. The average Bonchev–Trinajstić information content (AvgIpc) is 2.39. The maximum absolute atomic E-state index is 5.74. The molecule has 0 radical (unpaired) electrons. The summed E-state index contributed by atoms with van der Waals surface area (Å²) in [5.41, 5.74) is 7.94. The van der Waals surface area contributed by atoms with Gasteiger partial charge in [0.2, 0.25) is 0 Å². The van der Waals surface area contributed by atoms with E-state index in [-0.39, 0.29) is 0 Å². The molecule has 2 N–H and O–H groups in total. The van der Waals surface area contributed by atoms with E-state index in [9.17, 15) is 0 Å². The minimum Gasteiger partial charge on any atom is -0.399 e. The standard InChI is InChI=1S/C15H25N3/c1-12(2)17-8-10-18(11-9-17)13(3)14-4-6-15(16)7-5-14/h4-7,12-13H,8-11,16H2,1-3H3. The molecule has 1 fully saturated rings. The zero-order valence-electron chi connectivity index (χ0n) is 11.8. The van der Waals surface area contributed by atoms with E-state index in [0.717, 1.165) is 18.8 Å². The number of nitrogens with two attached hydrogens (primary N) is 1. The highest BCUT2D eigenvalue weighted by Crippen LogP contribution is 2.22. The van der Waals surface area contributed by atoms with E-state index in [1.165, 1.54) is 18.7 Å². The zero-order valence-corrected chi connectivity index (χ0v) is 11.8. The van der Waals surface area contributed by atoms with Gasteiger partial charge in [-0.1, -0.05) is 12.1 Å². The molecule has 1 heterocycles. The highest BCUT2D eigenvalue weighted by molar-refractivity contribution is 5.40. The fourth-order valence-electron chi connectivity index (χ4n) is 2.63. The summed E-state index contributed by atoms with van der Waals surface area (Å²) < 4.78 is 0. The quantitative estimate of drug-likeness (QED) is 0.832. The van der Waals surface area contributed by atoms with Gasteiger partial charge in [0.1, 0.15) is 0 Å². The summed E-state index contributed by atoms with van der Waals surface area (Å²) in [6.07, 6.45) is 0. The molecule has 0 spiro atoms. The molecule has 1 atom stereocenters. The van der Waals surface area contributed by atoms with Crippen LogP contribution < -0.4 is 5.73 Å². The van der Waals surface area contributed by atoms with Crippen LogP contribution in [0.1, 0.15) is 32.4 Å². The first-order valence-electron chi connectivity index (χ1n) is 6.91. The molecule has 3 nitrogen and oxygen atoms in total. The smallest absolute Gasteiger partial charge is 0.0320 e. The predicted octanol–water partition coefficient (Wildman–Crippen LogP) is 2.36. The first kappa shape index (κ1) is 13.4. The van der Waals surface area contributed by atoms with Crippen LogP contribution in [0.3, 0.4) is 0 Å². The monoisotopic (exact) mass is 247 g/mol. The Morgan fingerprint density at radius 2 is 1.39 bits per heavy atom. The van der Waals surface area contributed by atoms with Crippen LogP contribution >= 0.6 is 0 Å². The molecule has 1 aliphatic heterocycles. The highest BCUT2D eigenvalue weighted by Gasteiger charge is 2.22. The van der Waals surface area contributed by atoms with Crippen LogP contribution in [-0.4, -0.2) is 42.0 Å². The van der Waals surface area contributed by atoms with E-state index in [0.29, 0.717) is 12.1 Å². The summed E-state index contributed by atoms with van der Waals surface area (Å²) in [6.45, 7) is 11.5. The van der Waals surface area contributed by atoms with E-state index in [1.807, 2.05) is 12.1 Å². The third-order valence-electron chi connectivity index (χ3n) is 4.05. The van der Waals surface area contributed by atoms with Crippen molar-refractivity contribution < 1.29 is 0 Å². The van der Waals surface area contributed by atoms with Crippen LogP contribution in [0, 0.1) is 0 Å². The van der Waals surface area contributed by atoms with Crippen LogP contribution in [-0.2, 0) is 0 Å². The molecule has 1 aliphatic rings. The minimum absolute atomic E-state index is 0.486. The molecule has 0 saturated carbocycles. The molecule has 1 saturated heterocycles. The lowest BCUT2D eigenvalue weighted by Crippen LogP contribution is -2.49. The fraction of sp³-hybridized carbons (Fsp3) is 0.600. The van der Waals surface area contributed by atoms with E-state index < -0.39 is 0 Å². The third-order valence-corrected chi connectivity index (χ3v) is 4.05. The van der Waals surface area contributed by atoms with Gasteiger partial charge in [0.25, 0.3) is 0 Å². The lowest BCUT2D eigenvalue weighted by Gasteiger charge is -2.40. The van der Waals surface area contributed by atoms with Crippen LogP contribution in [0.2, 0.25) is 0 Å². The summed E-state index contributed by atoms with van der Waals surface area (Å²) >= 11 is 0. The summed E-state index contributed by atoms with van der Waals surface area (Å²) in [7, 11) is 0. The summed E-state index contributed by atoms with van der Waals surface area (Å²) in [5.74, 6) is 0. The number of anilines is 1. The van der Waals surface area contributed by atoms with Crippen molar-refractivity contribution in [2.75, 3.05) is 31.9 Å². The normalized spacial score (nSPS) is 20.2. The Kier molecular flexibility index (Phi) is 4.25. The maximum Gasteiger partial charge on any atom is 0.0320 e. The summed E-state index contributed by atoms with van der Waals surface area (Å²) in [5, 5.41) is 0. The minimum atomic E-state index is 0.486. The van der Waals surface area contributed by atoms with Gasteiger partial charge in [-0.05, 0) is 38.5 Å². The fourth-order valence-corrected chi connectivity index (χ4v) is 2.63. The molecule has 2 rings (SSSR count). The van der Waals surface area contributed by atoms with E-state index in [2.05, 4.69) is 42.7 Å². The van der Waals surface area contributed by atoms with Crippen molar-refractivity contribution in [2.24, 2.45) is 0 Å². The maximum atomic E-state index is 5.74. The molecule has 0 bridgehead atoms. The lowest BCUT2D eigenvalue weighted by atomic mass is 10.1. The lowest BCUT2D eigenvalue weighted by molar-refractivity contribution is 0.0834. The molecule has 1 unspecified atom stereocenters. The molecule has 18 heavy (non-hydrogen) atoms. The van der Waals surface area contributed by atoms with Crippen molar-refractivity contribution in [1.29, 1.82) is 0 Å². The van der Waals surface area contributed by atoms with Crippen LogP contribution in [0.4, 0.5) is 5.69 Å². The molecule has 0 amide bonds. The van der Waals surface area contributed by atoms with Gasteiger partial charge in [-0.25, -0.2) is 0 Å². The molecular weight excluding hydrogens is 222 g/mol. The van der Waals surface area contributed by atoms with Crippen LogP contribution in [0.25, 0.3) is 0 Å². The van der Waals surface area contributed by atoms with Crippen molar-refractivity contribution in [3.05, 3.63) is 29.8 Å². The number of nitrogen functional groups attached to an aromatic ring is 1. The number of piperazine rings is 1. The first-order valence-corrected chi connectivity index (χ1v) is 6.91. The molecule has 1 aromatic carbocycles. The molecule has 100 valence electrons. The Labute approximate surface area is 111 Å². The third kappa shape index (κ3) is 3.03. The van der Waals surface area contributed by atoms with Gasteiger partial charge in [0.15, 0.2) is 0 Å². The second kappa shape index (κ2) is 5.72. The summed E-state index contributed by atoms with van der Waals surface area (Å²) in [6, 6.07) is 9.44. The van der Waals surface area contributed by atoms with Crippen molar-refractivity contribution in [2.45, 2.75) is 32.9 Å². The first-order chi connectivity index (χ1) is 8.58. The van der Waals surface area contributed by atoms with Crippen molar-refractivity contribution in [3.63, 3.8) is 0 Å². The Balaban J connectivity index is 1.95. The topological polar surface area (TPSA) is 32.5 Å². The molecule has 3 heteroatoms. The molecule has 0 aliphatic carbocycles. The predicted molar refractivity (Wildman–Crippen MR) is 77.6 cm³/mol. The number of hydrogen-bond acceptors (Lipinski definition) is 3. The number of rotatable bonds is 3. The van der Waals surface area contributed by atoms with Gasteiger partial charge in [-0.2, -0.15) is 0 Å². The van der Waals surface area contributed by atoms with Crippen LogP contribution in [0.15, 0.2) is 24.3 Å². The highest BCUT2D eigenvalue weighted by atomic mass is 15.3.